The summed E-state index contributed by atoms with van der Waals surface area (Å²) < 4.78 is 27.1. The van der Waals surface area contributed by atoms with Crippen molar-refractivity contribution >= 4 is 27.3 Å². The Balaban J connectivity index is 2.05. The number of furan rings is 1. The van der Waals surface area contributed by atoms with Crippen molar-refractivity contribution in [3.63, 3.8) is 0 Å². The summed E-state index contributed by atoms with van der Waals surface area (Å²) in [7, 11) is -3.79. The van der Waals surface area contributed by atoms with Gasteiger partial charge in [0.1, 0.15) is 5.76 Å². The molecule has 1 aromatic carbocycles. The Morgan fingerprint density at radius 3 is 2.67 bits per heavy atom. The van der Waals surface area contributed by atoms with Crippen LogP contribution in [0.5, 0.6) is 0 Å². The van der Waals surface area contributed by atoms with E-state index in [4.69, 9.17) is 21.2 Å². The SMILES string of the molecule is NS(=O)(=O)c1ccc(CNc2cccc(Cl)c2)o1. The van der Waals surface area contributed by atoms with E-state index in [-0.39, 0.29) is 5.09 Å². The monoisotopic (exact) mass is 286 g/mol. The third-order valence-corrected chi connectivity index (χ3v) is 3.22. The van der Waals surface area contributed by atoms with E-state index in [9.17, 15) is 8.42 Å². The maximum absolute atomic E-state index is 11.0. The molecule has 7 heteroatoms. The lowest BCUT2D eigenvalue weighted by molar-refractivity contribution is 0.419. The van der Waals surface area contributed by atoms with E-state index in [1.54, 1.807) is 18.2 Å². The number of hydrogen-bond acceptors (Lipinski definition) is 4. The first-order chi connectivity index (χ1) is 8.45. The Hall–Kier alpha value is -1.50. The summed E-state index contributed by atoms with van der Waals surface area (Å²) in [5.41, 5.74) is 0.816. The molecule has 0 amide bonds. The molecule has 0 bridgehead atoms. The van der Waals surface area contributed by atoms with Crippen molar-refractivity contribution in [2.75, 3.05) is 5.32 Å². The van der Waals surface area contributed by atoms with Gasteiger partial charge < -0.3 is 9.73 Å². The van der Waals surface area contributed by atoms with Gasteiger partial charge in [0.2, 0.25) is 5.09 Å². The van der Waals surface area contributed by atoms with E-state index in [0.29, 0.717) is 17.3 Å². The molecule has 3 N–H and O–H groups in total. The molecule has 2 rings (SSSR count). The van der Waals surface area contributed by atoms with Crippen LogP contribution < -0.4 is 10.5 Å². The second-order valence-electron chi connectivity index (χ2n) is 3.63. The fourth-order valence-electron chi connectivity index (χ4n) is 1.39. The van der Waals surface area contributed by atoms with E-state index in [2.05, 4.69) is 5.32 Å². The fraction of sp³-hybridized carbons (Fsp3) is 0.0909. The number of anilines is 1. The van der Waals surface area contributed by atoms with Crippen LogP contribution in [0.3, 0.4) is 0 Å². The van der Waals surface area contributed by atoms with Crippen molar-refractivity contribution in [3.05, 3.63) is 47.2 Å². The van der Waals surface area contributed by atoms with Crippen molar-refractivity contribution in [1.29, 1.82) is 0 Å². The van der Waals surface area contributed by atoms with Gasteiger partial charge in [-0.25, -0.2) is 13.6 Å². The second kappa shape index (κ2) is 5.01. The number of halogens is 1. The van der Waals surface area contributed by atoms with Crippen molar-refractivity contribution in [2.24, 2.45) is 5.14 Å². The Kier molecular flexibility index (Phi) is 3.60. The van der Waals surface area contributed by atoms with Crippen LogP contribution in [0.2, 0.25) is 5.02 Å². The number of rotatable bonds is 4. The van der Waals surface area contributed by atoms with Crippen molar-refractivity contribution in [3.8, 4) is 0 Å². The Bertz CT molecular complexity index is 652. The molecule has 0 atom stereocenters. The van der Waals surface area contributed by atoms with E-state index in [1.165, 1.54) is 6.07 Å². The van der Waals surface area contributed by atoms with E-state index < -0.39 is 10.0 Å². The average molecular weight is 287 g/mol. The quantitative estimate of drug-likeness (QED) is 0.902. The van der Waals surface area contributed by atoms with Gasteiger partial charge in [-0.3, -0.25) is 0 Å². The predicted octanol–water partition coefficient (Wildman–Crippen LogP) is 2.19. The highest BCUT2D eigenvalue weighted by Gasteiger charge is 2.12. The number of primary sulfonamides is 1. The number of hydrogen-bond donors (Lipinski definition) is 2. The summed E-state index contributed by atoms with van der Waals surface area (Å²) in [5.74, 6) is 0.471. The van der Waals surface area contributed by atoms with Gasteiger partial charge >= 0.3 is 0 Å². The zero-order valence-corrected chi connectivity index (χ0v) is 10.8. The lowest BCUT2D eigenvalue weighted by Gasteiger charge is -2.04. The van der Waals surface area contributed by atoms with Gasteiger partial charge in [-0.2, -0.15) is 0 Å². The van der Waals surface area contributed by atoms with Crippen LogP contribution in [0.25, 0.3) is 0 Å². The van der Waals surface area contributed by atoms with Crippen LogP contribution in [0.4, 0.5) is 5.69 Å². The summed E-state index contributed by atoms with van der Waals surface area (Å²) in [6.07, 6.45) is 0. The molecule has 0 saturated heterocycles. The van der Waals surface area contributed by atoms with Gasteiger partial charge in [-0.15, -0.1) is 0 Å². The number of nitrogens with one attached hydrogen (secondary N) is 1. The fourth-order valence-corrected chi connectivity index (χ4v) is 2.06. The molecule has 2 aromatic rings. The lowest BCUT2D eigenvalue weighted by atomic mass is 10.3. The molecule has 0 radical (unpaired) electrons. The van der Waals surface area contributed by atoms with E-state index in [1.807, 2.05) is 12.1 Å². The molecular weight excluding hydrogens is 276 g/mol. The third kappa shape index (κ3) is 3.25. The van der Waals surface area contributed by atoms with Gasteiger partial charge in [-0.05, 0) is 30.3 Å². The summed E-state index contributed by atoms with van der Waals surface area (Å²) >= 11 is 5.83. The zero-order chi connectivity index (χ0) is 13.2. The maximum Gasteiger partial charge on any atom is 0.271 e. The van der Waals surface area contributed by atoms with Crippen LogP contribution in [-0.2, 0) is 16.6 Å². The van der Waals surface area contributed by atoms with Crippen LogP contribution in [-0.4, -0.2) is 8.42 Å². The molecule has 0 spiro atoms. The molecule has 0 aliphatic heterocycles. The molecule has 0 fully saturated rings. The first kappa shape index (κ1) is 12.9. The van der Waals surface area contributed by atoms with Gasteiger partial charge in [0, 0.05) is 10.7 Å². The van der Waals surface area contributed by atoms with Crippen LogP contribution in [0, 0.1) is 0 Å². The van der Waals surface area contributed by atoms with E-state index >= 15 is 0 Å². The molecule has 0 unspecified atom stereocenters. The normalized spacial score (nSPS) is 11.4. The lowest BCUT2D eigenvalue weighted by Crippen LogP contribution is -2.10. The highest BCUT2D eigenvalue weighted by molar-refractivity contribution is 7.89. The van der Waals surface area contributed by atoms with Gasteiger partial charge in [0.05, 0.1) is 6.54 Å². The van der Waals surface area contributed by atoms with Gasteiger partial charge in [0.15, 0.2) is 0 Å². The number of sulfonamides is 1. The molecule has 0 aliphatic carbocycles. The highest BCUT2D eigenvalue weighted by atomic mass is 35.5. The Morgan fingerprint density at radius 1 is 1.28 bits per heavy atom. The molecule has 0 aliphatic rings. The Labute approximate surface area is 110 Å². The molecule has 5 nitrogen and oxygen atoms in total. The zero-order valence-electron chi connectivity index (χ0n) is 9.26. The summed E-state index contributed by atoms with van der Waals surface area (Å²) in [6.45, 7) is 0.343. The van der Waals surface area contributed by atoms with Gasteiger partial charge in [0.25, 0.3) is 10.0 Å². The minimum Gasteiger partial charge on any atom is -0.446 e. The summed E-state index contributed by atoms with van der Waals surface area (Å²) in [6, 6.07) is 10.0. The molecule has 1 heterocycles. The van der Waals surface area contributed by atoms with Crippen molar-refractivity contribution in [1.82, 2.24) is 0 Å². The first-order valence-corrected chi connectivity index (χ1v) is 6.98. The maximum atomic E-state index is 11.0. The van der Waals surface area contributed by atoms with Crippen molar-refractivity contribution < 1.29 is 12.8 Å². The predicted molar refractivity (Wildman–Crippen MR) is 68.9 cm³/mol. The third-order valence-electron chi connectivity index (χ3n) is 2.21. The second-order valence-corrected chi connectivity index (χ2v) is 5.56. The summed E-state index contributed by atoms with van der Waals surface area (Å²) in [5, 5.41) is 8.36. The minimum absolute atomic E-state index is 0.245. The number of nitrogens with two attached hydrogens (primary N) is 1. The smallest absolute Gasteiger partial charge is 0.271 e. The Morgan fingerprint density at radius 2 is 2.06 bits per heavy atom. The molecular formula is C11H11ClN2O3S. The minimum atomic E-state index is -3.79. The first-order valence-electron chi connectivity index (χ1n) is 5.06. The molecule has 0 saturated carbocycles. The largest absolute Gasteiger partial charge is 0.446 e. The molecule has 18 heavy (non-hydrogen) atoms. The van der Waals surface area contributed by atoms with Crippen LogP contribution in [0.15, 0.2) is 45.9 Å². The topological polar surface area (TPSA) is 85.3 Å². The van der Waals surface area contributed by atoms with Crippen LogP contribution >= 0.6 is 11.6 Å². The number of benzene rings is 1. The summed E-state index contributed by atoms with van der Waals surface area (Å²) in [4.78, 5) is 0. The molecule has 96 valence electrons. The average Bonchev–Trinajstić information content (AvgIpc) is 2.74. The highest BCUT2D eigenvalue weighted by Crippen LogP contribution is 2.17. The van der Waals surface area contributed by atoms with Crippen LogP contribution in [0.1, 0.15) is 5.76 Å². The molecule has 1 aromatic heterocycles. The van der Waals surface area contributed by atoms with E-state index in [0.717, 1.165) is 5.69 Å². The standard InChI is InChI=1S/C11H11ClN2O3S/c12-8-2-1-3-9(6-8)14-7-10-4-5-11(17-10)18(13,15)16/h1-6,14H,7H2,(H2,13,15,16). The van der Waals surface area contributed by atoms with Crippen molar-refractivity contribution in [2.45, 2.75) is 11.6 Å². The van der Waals surface area contributed by atoms with Gasteiger partial charge in [-0.1, -0.05) is 17.7 Å².